The Hall–Kier alpha value is -3.28. The monoisotopic (exact) mass is 415 g/mol. The number of piperidine rings is 1. The summed E-state index contributed by atoms with van der Waals surface area (Å²) in [6, 6.07) is 15.9. The van der Waals surface area contributed by atoms with Gasteiger partial charge >= 0.3 is 0 Å². The van der Waals surface area contributed by atoms with Gasteiger partial charge in [0, 0.05) is 54.1 Å². The van der Waals surface area contributed by atoms with Crippen molar-refractivity contribution < 1.29 is 4.79 Å². The molecule has 1 aliphatic rings. The van der Waals surface area contributed by atoms with Crippen LogP contribution in [0.25, 0.3) is 11.3 Å². The van der Waals surface area contributed by atoms with Crippen LogP contribution in [-0.2, 0) is 4.79 Å². The van der Waals surface area contributed by atoms with Gasteiger partial charge in [-0.2, -0.15) is 0 Å². The van der Waals surface area contributed by atoms with Crippen molar-refractivity contribution in [1.82, 2.24) is 19.9 Å². The fourth-order valence-corrected chi connectivity index (χ4v) is 3.90. The van der Waals surface area contributed by atoms with Crippen LogP contribution < -0.4 is 5.32 Å². The normalized spacial score (nSPS) is 16.7. The Morgan fingerprint density at radius 1 is 1.06 bits per heavy atom. The lowest BCUT2D eigenvalue weighted by atomic mass is 9.91. The molecule has 0 unspecified atom stereocenters. The molecule has 0 aliphatic carbocycles. The third kappa shape index (κ3) is 5.08. The highest BCUT2D eigenvalue weighted by Crippen LogP contribution is 2.31. The molecule has 1 atom stereocenters. The molecule has 0 radical (unpaired) electrons. The third-order valence-corrected chi connectivity index (χ3v) is 5.48. The van der Waals surface area contributed by atoms with Crippen LogP contribution in [0.3, 0.4) is 0 Å². The Kier molecular flexibility index (Phi) is 5.98. The zero-order valence-electron chi connectivity index (χ0n) is 18.4. The predicted octanol–water partition coefficient (Wildman–Crippen LogP) is 5.03. The van der Waals surface area contributed by atoms with E-state index in [4.69, 9.17) is 9.97 Å². The summed E-state index contributed by atoms with van der Waals surface area (Å²) in [6.07, 6.45) is 5.47. The number of aromatic nitrogens is 3. The molecular weight excluding hydrogens is 386 g/mol. The molecule has 0 spiro atoms. The van der Waals surface area contributed by atoms with E-state index >= 15 is 0 Å². The van der Waals surface area contributed by atoms with Crippen LogP contribution in [0.4, 0.5) is 11.5 Å². The van der Waals surface area contributed by atoms with Crippen LogP contribution in [0.1, 0.15) is 45.4 Å². The minimum atomic E-state index is -0.387. The summed E-state index contributed by atoms with van der Waals surface area (Å²) in [5, 5.41) is 3.40. The third-order valence-electron chi connectivity index (χ3n) is 5.48. The minimum absolute atomic E-state index is 0.109. The lowest BCUT2D eigenvalue weighted by Crippen LogP contribution is -2.44. The Balaban J connectivity index is 1.67. The number of nitrogens with one attached hydrogen (secondary N) is 1. The van der Waals surface area contributed by atoms with Crippen molar-refractivity contribution in [2.45, 2.75) is 39.5 Å². The number of pyridine rings is 1. The van der Waals surface area contributed by atoms with Crippen LogP contribution in [0.15, 0.2) is 60.9 Å². The zero-order valence-corrected chi connectivity index (χ0v) is 18.4. The van der Waals surface area contributed by atoms with Gasteiger partial charge in [0.15, 0.2) is 0 Å². The van der Waals surface area contributed by atoms with Crippen LogP contribution in [-0.4, -0.2) is 38.8 Å². The number of carbonyl (C=O) groups is 1. The van der Waals surface area contributed by atoms with Gasteiger partial charge in [-0.1, -0.05) is 39.0 Å². The molecule has 1 aliphatic heterocycles. The van der Waals surface area contributed by atoms with Crippen molar-refractivity contribution in [2.75, 3.05) is 18.4 Å². The summed E-state index contributed by atoms with van der Waals surface area (Å²) in [7, 11) is 0. The summed E-state index contributed by atoms with van der Waals surface area (Å²) < 4.78 is 0. The van der Waals surface area contributed by atoms with Crippen molar-refractivity contribution in [3.63, 3.8) is 0 Å². The zero-order chi connectivity index (χ0) is 21.8. The lowest BCUT2D eigenvalue weighted by molar-refractivity contribution is -0.140. The Morgan fingerprint density at radius 3 is 2.52 bits per heavy atom. The van der Waals surface area contributed by atoms with E-state index in [2.05, 4.69) is 10.3 Å². The van der Waals surface area contributed by atoms with Crippen LogP contribution >= 0.6 is 0 Å². The van der Waals surface area contributed by atoms with Crippen molar-refractivity contribution >= 4 is 17.4 Å². The first-order chi connectivity index (χ1) is 14.9. The number of hydrogen-bond acceptors (Lipinski definition) is 5. The number of nitrogens with zero attached hydrogens (tertiary/aromatic N) is 4. The first-order valence-corrected chi connectivity index (χ1v) is 10.8. The van der Waals surface area contributed by atoms with Gasteiger partial charge < -0.3 is 10.2 Å². The highest BCUT2D eigenvalue weighted by Gasteiger charge is 2.32. The standard InChI is InChI=1S/C25H29N5O/c1-25(2,3)24(31)30-15-7-8-19(17-30)23-28-21(18-11-13-26-14-12-18)16-22(29-23)27-20-9-5-4-6-10-20/h4-6,9-14,16,19H,7-8,15,17H2,1-3H3,(H,27,28,29)/t19-/m1/s1. The molecule has 6 heteroatoms. The van der Waals surface area contributed by atoms with Crippen LogP contribution in [0.2, 0.25) is 0 Å². The van der Waals surface area contributed by atoms with Gasteiger partial charge in [-0.25, -0.2) is 9.97 Å². The van der Waals surface area contributed by atoms with Crippen LogP contribution in [0, 0.1) is 5.41 Å². The summed E-state index contributed by atoms with van der Waals surface area (Å²) in [4.78, 5) is 28.7. The second-order valence-electron chi connectivity index (χ2n) is 9.06. The molecule has 1 amide bonds. The molecule has 2 aromatic heterocycles. The van der Waals surface area contributed by atoms with Gasteiger partial charge in [0.1, 0.15) is 11.6 Å². The number of anilines is 2. The lowest BCUT2D eigenvalue weighted by Gasteiger charge is -2.36. The van der Waals surface area contributed by atoms with Gasteiger partial charge in [-0.05, 0) is 37.1 Å². The molecule has 3 heterocycles. The van der Waals surface area contributed by atoms with Gasteiger partial charge in [0.05, 0.1) is 5.69 Å². The molecule has 0 saturated carbocycles. The van der Waals surface area contributed by atoms with Gasteiger partial charge in [0.2, 0.25) is 5.91 Å². The maximum absolute atomic E-state index is 12.9. The highest BCUT2D eigenvalue weighted by molar-refractivity contribution is 5.81. The van der Waals surface area contributed by atoms with E-state index in [1.54, 1.807) is 12.4 Å². The number of benzene rings is 1. The topological polar surface area (TPSA) is 71.0 Å². The van der Waals surface area contributed by atoms with Gasteiger partial charge in [-0.3, -0.25) is 9.78 Å². The first kappa shape index (κ1) is 21.0. The highest BCUT2D eigenvalue weighted by atomic mass is 16.2. The molecule has 6 nitrogen and oxygen atoms in total. The van der Waals surface area contributed by atoms with E-state index in [1.807, 2.05) is 74.2 Å². The second-order valence-corrected chi connectivity index (χ2v) is 9.06. The van der Waals surface area contributed by atoms with Crippen molar-refractivity contribution in [3.8, 4) is 11.3 Å². The fraction of sp³-hybridized carbons (Fsp3) is 0.360. The molecule has 31 heavy (non-hydrogen) atoms. The van der Waals surface area contributed by atoms with Crippen LogP contribution in [0.5, 0.6) is 0 Å². The van der Waals surface area contributed by atoms with Crippen molar-refractivity contribution in [1.29, 1.82) is 0 Å². The molecule has 1 N–H and O–H groups in total. The summed E-state index contributed by atoms with van der Waals surface area (Å²) >= 11 is 0. The Labute approximate surface area is 183 Å². The van der Waals surface area contributed by atoms with E-state index in [1.165, 1.54) is 0 Å². The number of rotatable bonds is 4. The SMILES string of the molecule is CC(C)(C)C(=O)N1CCC[C@@H](c2nc(Nc3ccccc3)cc(-c3ccncc3)n2)C1. The summed E-state index contributed by atoms with van der Waals surface area (Å²) in [6.45, 7) is 7.37. The fourth-order valence-electron chi connectivity index (χ4n) is 3.90. The number of para-hydroxylation sites is 1. The maximum atomic E-state index is 12.9. The molecule has 1 saturated heterocycles. The molecular formula is C25H29N5O. The van der Waals surface area contributed by atoms with E-state index in [0.717, 1.165) is 48.0 Å². The molecule has 1 fully saturated rings. The molecule has 1 aromatic carbocycles. The average Bonchev–Trinajstić information content (AvgIpc) is 2.79. The van der Waals surface area contributed by atoms with E-state index in [9.17, 15) is 4.79 Å². The number of carbonyl (C=O) groups excluding carboxylic acids is 1. The number of hydrogen-bond donors (Lipinski definition) is 1. The largest absolute Gasteiger partial charge is 0.342 e. The minimum Gasteiger partial charge on any atom is -0.342 e. The quantitative estimate of drug-likeness (QED) is 0.647. The average molecular weight is 416 g/mol. The first-order valence-electron chi connectivity index (χ1n) is 10.8. The molecule has 160 valence electrons. The predicted molar refractivity (Wildman–Crippen MR) is 123 cm³/mol. The van der Waals surface area contributed by atoms with Crippen molar-refractivity contribution in [3.05, 3.63) is 66.7 Å². The Morgan fingerprint density at radius 2 is 1.81 bits per heavy atom. The van der Waals surface area contributed by atoms with E-state index in [-0.39, 0.29) is 17.2 Å². The molecule has 4 rings (SSSR count). The number of amides is 1. The maximum Gasteiger partial charge on any atom is 0.227 e. The van der Waals surface area contributed by atoms with Crippen molar-refractivity contribution in [2.24, 2.45) is 5.41 Å². The summed E-state index contributed by atoms with van der Waals surface area (Å²) in [5.74, 6) is 1.82. The van der Waals surface area contributed by atoms with E-state index < -0.39 is 0 Å². The van der Waals surface area contributed by atoms with Gasteiger partial charge in [-0.15, -0.1) is 0 Å². The number of likely N-dealkylation sites (tertiary alicyclic amines) is 1. The Bertz CT molecular complexity index is 1030. The second kappa shape index (κ2) is 8.84. The molecule has 0 bridgehead atoms. The summed E-state index contributed by atoms with van der Waals surface area (Å²) in [5.41, 5.74) is 2.43. The molecule has 3 aromatic rings. The smallest absolute Gasteiger partial charge is 0.227 e. The van der Waals surface area contributed by atoms with E-state index in [0.29, 0.717) is 6.54 Å². The van der Waals surface area contributed by atoms with Gasteiger partial charge in [0.25, 0.3) is 0 Å².